The van der Waals surface area contributed by atoms with E-state index in [1.165, 1.54) is 6.08 Å². The van der Waals surface area contributed by atoms with Gasteiger partial charge in [-0.1, -0.05) is 23.7 Å². The van der Waals surface area contributed by atoms with Crippen molar-refractivity contribution in [3.63, 3.8) is 0 Å². The van der Waals surface area contributed by atoms with Gasteiger partial charge in [-0.3, -0.25) is 0 Å². The summed E-state index contributed by atoms with van der Waals surface area (Å²) in [5, 5.41) is 28.6. The molecular formula is C24H17ClN4O3S. The van der Waals surface area contributed by atoms with Crippen molar-refractivity contribution in [2.45, 2.75) is 18.6 Å². The second kappa shape index (κ2) is 9.77. The minimum Gasteiger partial charge on any atom is -0.477 e. The lowest BCUT2D eigenvalue weighted by Gasteiger charge is -2.07. The standard InChI is InChI=1S/C24H17ClN4O3S/c1-2-29-22(15-7-9-17(25)10-8-15)27-28-24(29)33-21(23(30)31)13-18-11-12-20(32-18)19-6-4-3-5-16(19)14-26/h3-13H,2H2,1H3,(H,30,31)/b21-13-. The van der Waals surface area contributed by atoms with Gasteiger partial charge in [0.1, 0.15) is 16.4 Å². The van der Waals surface area contributed by atoms with Gasteiger partial charge in [-0.2, -0.15) is 5.26 Å². The van der Waals surface area contributed by atoms with Gasteiger partial charge in [-0.15, -0.1) is 10.2 Å². The molecular weight excluding hydrogens is 460 g/mol. The molecule has 0 aliphatic carbocycles. The van der Waals surface area contributed by atoms with E-state index in [1.807, 2.05) is 29.7 Å². The van der Waals surface area contributed by atoms with Crippen LogP contribution in [0.2, 0.25) is 5.02 Å². The number of hydrogen-bond donors (Lipinski definition) is 1. The Morgan fingerprint density at radius 3 is 2.64 bits per heavy atom. The van der Waals surface area contributed by atoms with Crippen LogP contribution in [0.15, 0.2) is 75.1 Å². The van der Waals surface area contributed by atoms with E-state index in [1.54, 1.807) is 42.5 Å². The number of nitriles is 1. The first-order valence-corrected chi connectivity index (χ1v) is 11.1. The summed E-state index contributed by atoms with van der Waals surface area (Å²) in [6.45, 7) is 2.48. The van der Waals surface area contributed by atoms with Crippen LogP contribution in [-0.4, -0.2) is 25.8 Å². The van der Waals surface area contributed by atoms with Crippen molar-refractivity contribution in [3.8, 4) is 28.8 Å². The number of rotatable bonds is 7. The fourth-order valence-corrected chi connectivity index (χ4v) is 4.19. The van der Waals surface area contributed by atoms with Gasteiger partial charge in [-0.25, -0.2) is 4.79 Å². The smallest absolute Gasteiger partial charge is 0.342 e. The Balaban J connectivity index is 1.65. The van der Waals surface area contributed by atoms with Crippen molar-refractivity contribution in [1.29, 1.82) is 5.26 Å². The van der Waals surface area contributed by atoms with Crippen LogP contribution in [0.25, 0.3) is 28.8 Å². The topological polar surface area (TPSA) is 105 Å². The Hall–Kier alpha value is -3.80. The fraction of sp³-hybridized carbons (Fsp3) is 0.0833. The average Bonchev–Trinajstić information content (AvgIpc) is 3.46. The van der Waals surface area contributed by atoms with Gasteiger partial charge in [0.05, 0.1) is 11.6 Å². The summed E-state index contributed by atoms with van der Waals surface area (Å²) < 4.78 is 7.65. The number of nitrogens with zero attached hydrogens (tertiary/aromatic N) is 4. The number of aromatic nitrogens is 3. The lowest BCUT2D eigenvalue weighted by molar-refractivity contribution is -0.131. The third-order valence-corrected chi connectivity index (χ3v) is 6.01. The SMILES string of the molecule is CCn1c(S/C(=C\c2ccc(-c3ccccc3C#N)o2)C(=O)O)nnc1-c1ccc(Cl)cc1. The Morgan fingerprint density at radius 2 is 1.94 bits per heavy atom. The Bertz CT molecular complexity index is 1380. The van der Waals surface area contributed by atoms with Crippen molar-refractivity contribution < 1.29 is 14.3 Å². The predicted octanol–water partition coefficient (Wildman–Crippen LogP) is 5.97. The molecule has 4 rings (SSSR count). The number of carboxylic acid groups (broad SMARTS) is 1. The largest absolute Gasteiger partial charge is 0.477 e. The minimum atomic E-state index is -1.12. The number of thioether (sulfide) groups is 1. The van der Waals surface area contributed by atoms with Gasteiger partial charge in [-0.05, 0) is 67.2 Å². The molecule has 0 saturated heterocycles. The average molecular weight is 477 g/mol. The zero-order valence-electron chi connectivity index (χ0n) is 17.4. The van der Waals surface area contributed by atoms with Crippen LogP contribution < -0.4 is 0 Å². The number of halogens is 1. The van der Waals surface area contributed by atoms with Crippen molar-refractivity contribution >= 4 is 35.4 Å². The molecule has 0 aliphatic heterocycles. The highest BCUT2D eigenvalue weighted by Crippen LogP contribution is 2.32. The maximum atomic E-state index is 12.0. The zero-order chi connectivity index (χ0) is 23.4. The van der Waals surface area contributed by atoms with Gasteiger partial charge in [0.15, 0.2) is 11.0 Å². The van der Waals surface area contributed by atoms with Crippen molar-refractivity contribution in [2.75, 3.05) is 0 Å². The predicted molar refractivity (Wildman–Crippen MR) is 126 cm³/mol. The highest BCUT2D eigenvalue weighted by Gasteiger charge is 2.19. The van der Waals surface area contributed by atoms with E-state index >= 15 is 0 Å². The summed E-state index contributed by atoms with van der Waals surface area (Å²) in [7, 11) is 0. The lowest BCUT2D eigenvalue weighted by Crippen LogP contribution is -2.02. The van der Waals surface area contributed by atoms with Crippen LogP contribution in [0.5, 0.6) is 0 Å². The van der Waals surface area contributed by atoms with Gasteiger partial charge < -0.3 is 14.1 Å². The lowest BCUT2D eigenvalue weighted by atomic mass is 10.1. The first kappa shape index (κ1) is 22.4. The fourth-order valence-electron chi connectivity index (χ4n) is 3.19. The highest BCUT2D eigenvalue weighted by atomic mass is 35.5. The number of aliphatic carboxylic acids is 1. The second-order valence-electron chi connectivity index (χ2n) is 6.83. The molecule has 0 spiro atoms. The molecule has 2 heterocycles. The van der Waals surface area contributed by atoms with Gasteiger partial charge in [0.25, 0.3) is 0 Å². The second-order valence-corrected chi connectivity index (χ2v) is 8.28. The molecule has 9 heteroatoms. The van der Waals surface area contributed by atoms with Crippen molar-refractivity contribution in [3.05, 3.63) is 81.9 Å². The van der Waals surface area contributed by atoms with Crippen LogP contribution in [0.3, 0.4) is 0 Å². The van der Waals surface area contributed by atoms with E-state index in [0.29, 0.717) is 45.2 Å². The summed E-state index contributed by atoms with van der Waals surface area (Å²) >= 11 is 6.96. The van der Waals surface area contributed by atoms with Crippen LogP contribution in [-0.2, 0) is 11.3 Å². The molecule has 2 aromatic heterocycles. The zero-order valence-corrected chi connectivity index (χ0v) is 19.0. The van der Waals surface area contributed by atoms with E-state index in [0.717, 1.165) is 17.3 Å². The third-order valence-electron chi connectivity index (χ3n) is 4.76. The normalized spacial score (nSPS) is 11.4. The molecule has 7 nitrogen and oxygen atoms in total. The van der Waals surface area contributed by atoms with Crippen LogP contribution in [0, 0.1) is 11.3 Å². The van der Waals surface area contributed by atoms with Crippen LogP contribution in [0.1, 0.15) is 18.2 Å². The van der Waals surface area contributed by atoms with E-state index in [2.05, 4.69) is 16.3 Å². The molecule has 0 fully saturated rings. The molecule has 0 radical (unpaired) electrons. The Kier molecular flexibility index (Phi) is 6.63. The third kappa shape index (κ3) is 4.85. The molecule has 0 unspecified atom stereocenters. The quantitative estimate of drug-likeness (QED) is 0.259. The molecule has 0 amide bonds. The maximum Gasteiger partial charge on any atom is 0.342 e. The number of carbonyl (C=O) groups is 1. The maximum absolute atomic E-state index is 12.0. The number of benzene rings is 2. The van der Waals surface area contributed by atoms with Gasteiger partial charge in [0, 0.05) is 28.8 Å². The highest BCUT2D eigenvalue weighted by molar-refractivity contribution is 8.04. The Morgan fingerprint density at radius 1 is 1.18 bits per heavy atom. The first-order chi connectivity index (χ1) is 16.0. The summed E-state index contributed by atoms with van der Waals surface area (Å²) in [5.74, 6) is 0.335. The Labute approximate surface area is 198 Å². The number of carboxylic acids is 1. The number of hydrogen-bond acceptors (Lipinski definition) is 6. The monoisotopic (exact) mass is 476 g/mol. The van der Waals surface area contributed by atoms with Crippen LogP contribution >= 0.6 is 23.4 Å². The summed E-state index contributed by atoms with van der Waals surface area (Å²) in [6, 6.07) is 19.8. The molecule has 0 bridgehead atoms. The molecule has 2 aromatic carbocycles. The van der Waals surface area contributed by atoms with Crippen LogP contribution in [0.4, 0.5) is 0 Å². The molecule has 0 saturated carbocycles. The number of furan rings is 1. The first-order valence-electron chi connectivity index (χ1n) is 9.91. The van der Waals surface area contributed by atoms with Gasteiger partial charge >= 0.3 is 5.97 Å². The molecule has 0 aliphatic rings. The molecule has 33 heavy (non-hydrogen) atoms. The molecule has 1 N–H and O–H groups in total. The van der Waals surface area contributed by atoms with Crippen molar-refractivity contribution in [2.24, 2.45) is 0 Å². The van der Waals surface area contributed by atoms with Gasteiger partial charge in [0.2, 0.25) is 0 Å². The minimum absolute atomic E-state index is 0.0224. The van der Waals surface area contributed by atoms with E-state index < -0.39 is 5.97 Å². The molecule has 164 valence electrons. The molecule has 4 aromatic rings. The van der Waals surface area contributed by atoms with E-state index in [9.17, 15) is 15.2 Å². The summed E-state index contributed by atoms with van der Waals surface area (Å²) in [4.78, 5) is 12.0. The molecule has 0 atom stereocenters. The summed E-state index contributed by atoms with van der Waals surface area (Å²) in [5.41, 5.74) is 1.94. The summed E-state index contributed by atoms with van der Waals surface area (Å²) in [6.07, 6.45) is 1.43. The van der Waals surface area contributed by atoms with E-state index in [-0.39, 0.29) is 4.91 Å². The van der Waals surface area contributed by atoms with E-state index in [4.69, 9.17) is 16.0 Å². The van der Waals surface area contributed by atoms with Crippen molar-refractivity contribution in [1.82, 2.24) is 14.8 Å².